The quantitative estimate of drug-likeness (QED) is 0.886. The second kappa shape index (κ2) is 7.37. The molecule has 2 N–H and O–H groups in total. The monoisotopic (exact) mass is 314 g/mol. The van der Waals surface area contributed by atoms with Crippen molar-refractivity contribution in [1.82, 2.24) is 15.3 Å². The average molecular weight is 314 g/mol. The summed E-state index contributed by atoms with van der Waals surface area (Å²) in [5.74, 6) is 0.660. The highest BCUT2D eigenvalue weighted by molar-refractivity contribution is 5.95. The van der Waals surface area contributed by atoms with Gasteiger partial charge in [0.15, 0.2) is 0 Å². The van der Waals surface area contributed by atoms with Crippen LogP contribution in [0.2, 0.25) is 0 Å². The van der Waals surface area contributed by atoms with Crippen molar-refractivity contribution in [2.75, 3.05) is 25.1 Å². The number of hydrogen-bond acceptors (Lipinski definition) is 5. The second-order valence-electron chi connectivity index (χ2n) is 5.75. The van der Waals surface area contributed by atoms with Crippen molar-refractivity contribution in [3.05, 3.63) is 30.1 Å². The Labute approximate surface area is 135 Å². The molecule has 0 aromatic carbocycles. The molecule has 0 saturated carbocycles. The number of pyridine rings is 2. The number of carbonyl (C=O) groups excluding carboxylic acids is 1. The Hall–Kier alpha value is -2.21. The van der Waals surface area contributed by atoms with Crippen LogP contribution in [-0.2, 0) is 4.74 Å². The molecule has 0 spiro atoms. The summed E-state index contributed by atoms with van der Waals surface area (Å²) in [7, 11) is 0. The van der Waals surface area contributed by atoms with Gasteiger partial charge in [0.25, 0.3) is 5.91 Å². The molecular formula is C17H22N4O2. The van der Waals surface area contributed by atoms with Gasteiger partial charge in [-0.2, -0.15) is 0 Å². The van der Waals surface area contributed by atoms with Crippen molar-refractivity contribution in [3.63, 3.8) is 0 Å². The molecule has 6 nitrogen and oxygen atoms in total. The third kappa shape index (κ3) is 3.96. The summed E-state index contributed by atoms with van der Waals surface area (Å²) < 4.78 is 5.36. The van der Waals surface area contributed by atoms with Crippen LogP contribution in [0.1, 0.15) is 36.7 Å². The number of carbonyl (C=O) groups is 1. The summed E-state index contributed by atoms with van der Waals surface area (Å²) in [5, 5.41) is 7.20. The maximum absolute atomic E-state index is 12.0. The largest absolute Gasteiger partial charge is 0.381 e. The van der Waals surface area contributed by atoms with E-state index in [2.05, 4.69) is 20.6 Å². The Morgan fingerprint density at radius 3 is 2.96 bits per heavy atom. The lowest BCUT2D eigenvalue weighted by molar-refractivity contribution is 0.0903. The van der Waals surface area contributed by atoms with Crippen LogP contribution in [0.5, 0.6) is 0 Å². The van der Waals surface area contributed by atoms with Crippen LogP contribution >= 0.6 is 0 Å². The summed E-state index contributed by atoms with van der Waals surface area (Å²) in [5.41, 5.74) is 1.22. The standard InChI is InChI=1S/C17H22N4O2/c1-2-7-18-17(22)14-4-3-12-11-19-16(10-15(12)21-14)20-13-5-8-23-9-6-13/h3-4,10-11,13H,2,5-9H2,1H3,(H,18,22)(H,19,20). The molecule has 0 radical (unpaired) electrons. The Morgan fingerprint density at radius 2 is 2.17 bits per heavy atom. The van der Waals surface area contributed by atoms with Crippen LogP contribution in [-0.4, -0.2) is 41.7 Å². The smallest absolute Gasteiger partial charge is 0.269 e. The first-order valence-electron chi connectivity index (χ1n) is 8.15. The number of fused-ring (bicyclic) bond motifs is 1. The SMILES string of the molecule is CCCNC(=O)c1ccc2cnc(NC3CCOCC3)cc2n1. The summed E-state index contributed by atoms with van der Waals surface area (Å²) in [6, 6.07) is 5.90. The predicted molar refractivity (Wildman–Crippen MR) is 89.6 cm³/mol. The molecule has 3 heterocycles. The predicted octanol–water partition coefficient (Wildman–Crippen LogP) is 2.36. The highest BCUT2D eigenvalue weighted by Crippen LogP contribution is 2.18. The van der Waals surface area contributed by atoms with E-state index in [4.69, 9.17) is 4.74 Å². The molecule has 1 amide bonds. The van der Waals surface area contributed by atoms with E-state index in [1.165, 1.54) is 0 Å². The molecule has 0 bridgehead atoms. The zero-order valence-corrected chi connectivity index (χ0v) is 13.3. The van der Waals surface area contributed by atoms with E-state index in [1.54, 1.807) is 12.3 Å². The molecular weight excluding hydrogens is 292 g/mol. The number of rotatable bonds is 5. The number of ether oxygens (including phenoxy) is 1. The van der Waals surface area contributed by atoms with Gasteiger partial charge in [-0.25, -0.2) is 9.97 Å². The van der Waals surface area contributed by atoms with Gasteiger partial charge in [0.2, 0.25) is 0 Å². The van der Waals surface area contributed by atoms with Crippen LogP contribution in [0.15, 0.2) is 24.4 Å². The van der Waals surface area contributed by atoms with Gasteiger partial charge in [0.1, 0.15) is 11.5 Å². The number of anilines is 1. The van der Waals surface area contributed by atoms with Crippen molar-refractivity contribution in [2.24, 2.45) is 0 Å². The number of amides is 1. The summed E-state index contributed by atoms with van der Waals surface area (Å²) in [4.78, 5) is 20.9. The van der Waals surface area contributed by atoms with Crippen molar-refractivity contribution in [2.45, 2.75) is 32.2 Å². The molecule has 3 rings (SSSR count). The van der Waals surface area contributed by atoms with Gasteiger partial charge in [-0.3, -0.25) is 4.79 Å². The van der Waals surface area contributed by atoms with E-state index in [9.17, 15) is 4.79 Å². The van der Waals surface area contributed by atoms with Gasteiger partial charge < -0.3 is 15.4 Å². The summed E-state index contributed by atoms with van der Waals surface area (Å²) >= 11 is 0. The molecule has 0 unspecified atom stereocenters. The molecule has 1 saturated heterocycles. The number of hydrogen-bond donors (Lipinski definition) is 2. The first-order valence-corrected chi connectivity index (χ1v) is 8.15. The second-order valence-corrected chi connectivity index (χ2v) is 5.75. The van der Waals surface area contributed by atoms with Crippen LogP contribution in [0, 0.1) is 0 Å². The van der Waals surface area contributed by atoms with Crippen molar-refractivity contribution < 1.29 is 9.53 Å². The molecule has 1 aliphatic heterocycles. The highest BCUT2D eigenvalue weighted by atomic mass is 16.5. The summed E-state index contributed by atoms with van der Waals surface area (Å²) in [6.07, 6.45) is 4.65. The topological polar surface area (TPSA) is 76.1 Å². The average Bonchev–Trinajstić information content (AvgIpc) is 2.60. The molecule has 122 valence electrons. The fourth-order valence-corrected chi connectivity index (χ4v) is 2.60. The normalized spacial score (nSPS) is 15.5. The van der Waals surface area contributed by atoms with Gasteiger partial charge in [-0.1, -0.05) is 6.92 Å². The first-order chi connectivity index (χ1) is 11.3. The maximum Gasteiger partial charge on any atom is 0.269 e. The minimum atomic E-state index is -0.135. The van der Waals surface area contributed by atoms with E-state index < -0.39 is 0 Å². The van der Waals surface area contributed by atoms with E-state index in [-0.39, 0.29) is 5.91 Å². The lowest BCUT2D eigenvalue weighted by Gasteiger charge is -2.23. The molecule has 6 heteroatoms. The minimum Gasteiger partial charge on any atom is -0.381 e. The van der Waals surface area contributed by atoms with Crippen LogP contribution < -0.4 is 10.6 Å². The van der Waals surface area contributed by atoms with Crippen molar-refractivity contribution >= 4 is 22.6 Å². The van der Waals surface area contributed by atoms with Crippen molar-refractivity contribution in [1.29, 1.82) is 0 Å². The number of nitrogens with zero attached hydrogens (tertiary/aromatic N) is 2. The van der Waals surface area contributed by atoms with Crippen molar-refractivity contribution in [3.8, 4) is 0 Å². The van der Waals surface area contributed by atoms with E-state index in [1.807, 2.05) is 19.1 Å². The van der Waals surface area contributed by atoms with E-state index in [0.717, 1.165) is 49.2 Å². The van der Waals surface area contributed by atoms with Gasteiger partial charge in [-0.05, 0) is 31.4 Å². The zero-order valence-electron chi connectivity index (χ0n) is 13.3. The summed E-state index contributed by atoms with van der Waals surface area (Å²) in [6.45, 7) is 4.25. The lowest BCUT2D eigenvalue weighted by Crippen LogP contribution is -2.28. The third-order valence-electron chi connectivity index (χ3n) is 3.92. The van der Waals surface area contributed by atoms with Crippen LogP contribution in [0.3, 0.4) is 0 Å². The fraction of sp³-hybridized carbons (Fsp3) is 0.471. The Kier molecular flexibility index (Phi) is 5.02. The van der Waals surface area contributed by atoms with Gasteiger partial charge in [0, 0.05) is 43.4 Å². The van der Waals surface area contributed by atoms with E-state index >= 15 is 0 Å². The molecule has 23 heavy (non-hydrogen) atoms. The van der Waals surface area contributed by atoms with Crippen LogP contribution in [0.25, 0.3) is 10.9 Å². The lowest BCUT2D eigenvalue weighted by atomic mass is 10.1. The molecule has 1 aliphatic rings. The Bertz CT molecular complexity index is 683. The zero-order chi connectivity index (χ0) is 16.1. The van der Waals surface area contributed by atoms with Crippen LogP contribution in [0.4, 0.5) is 5.82 Å². The molecule has 0 atom stereocenters. The highest BCUT2D eigenvalue weighted by Gasteiger charge is 2.14. The third-order valence-corrected chi connectivity index (χ3v) is 3.92. The first kappa shape index (κ1) is 15.7. The Morgan fingerprint density at radius 1 is 1.35 bits per heavy atom. The Balaban J connectivity index is 1.78. The maximum atomic E-state index is 12.0. The number of nitrogens with one attached hydrogen (secondary N) is 2. The molecule has 2 aromatic rings. The van der Waals surface area contributed by atoms with E-state index in [0.29, 0.717) is 18.3 Å². The fourth-order valence-electron chi connectivity index (χ4n) is 2.60. The number of aromatic nitrogens is 2. The minimum absolute atomic E-state index is 0.135. The van der Waals surface area contributed by atoms with Gasteiger partial charge in [0.05, 0.1) is 5.52 Å². The van der Waals surface area contributed by atoms with Gasteiger partial charge >= 0.3 is 0 Å². The molecule has 1 fully saturated rings. The molecule has 0 aliphatic carbocycles. The molecule has 2 aromatic heterocycles. The van der Waals surface area contributed by atoms with Gasteiger partial charge in [-0.15, -0.1) is 0 Å².